The highest BCUT2D eigenvalue weighted by molar-refractivity contribution is 7.92. The fourth-order valence-electron chi connectivity index (χ4n) is 2.54. The highest BCUT2D eigenvalue weighted by Crippen LogP contribution is 2.67. The Kier molecular flexibility index (Phi) is 8.47. The van der Waals surface area contributed by atoms with Crippen molar-refractivity contribution in [2.75, 3.05) is 12.9 Å². The summed E-state index contributed by atoms with van der Waals surface area (Å²) in [6.07, 6.45) is -2.50. The number of sulfonamides is 1. The van der Waals surface area contributed by atoms with E-state index >= 15 is 0 Å². The Hall–Kier alpha value is -1.04. The Balaban J connectivity index is 2.24. The van der Waals surface area contributed by atoms with Gasteiger partial charge in [0.25, 0.3) is 15.6 Å². The van der Waals surface area contributed by atoms with Gasteiger partial charge in [-0.3, -0.25) is 18.9 Å². The number of hydrogen-bond donors (Lipinski definition) is 6. The molecule has 33 heavy (non-hydrogen) atoms. The lowest BCUT2D eigenvalue weighted by atomic mass is 10.2. The molecule has 1 aromatic heterocycles. The van der Waals surface area contributed by atoms with Crippen LogP contribution in [-0.4, -0.2) is 67.7 Å². The number of ether oxygens (including phenoxy) is 1. The van der Waals surface area contributed by atoms with E-state index in [1.165, 1.54) is 6.92 Å². The van der Waals surface area contributed by atoms with E-state index in [0.717, 1.165) is 10.8 Å². The minimum Gasteiger partial charge on any atom is -0.390 e. The van der Waals surface area contributed by atoms with E-state index in [0.29, 0.717) is 6.26 Å². The van der Waals surface area contributed by atoms with Crippen LogP contribution >= 0.6 is 23.4 Å². The second kappa shape index (κ2) is 9.91. The van der Waals surface area contributed by atoms with E-state index < -0.39 is 69.7 Å². The van der Waals surface area contributed by atoms with E-state index in [2.05, 4.69) is 12.8 Å². The van der Waals surface area contributed by atoms with Gasteiger partial charge in [0.1, 0.15) is 12.3 Å². The summed E-state index contributed by atoms with van der Waals surface area (Å²) in [7, 11) is -21.2. The van der Waals surface area contributed by atoms with Crippen LogP contribution in [0.2, 0.25) is 0 Å². The Morgan fingerprint density at radius 1 is 1.24 bits per heavy atom. The molecule has 2 unspecified atom stereocenters. The molecule has 2 heterocycles. The number of rotatable bonds is 9. The van der Waals surface area contributed by atoms with Gasteiger partial charge in [-0.25, -0.2) is 22.3 Å². The number of hydrogen-bond acceptors (Lipinski definition) is 11. The van der Waals surface area contributed by atoms with Crippen molar-refractivity contribution in [3.05, 3.63) is 32.6 Å². The summed E-state index contributed by atoms with van der Waals surface area (Å²) < 4.78 is 66.8. The zero-order valence-electron chi connectivity index (χ0n) is 16.7. The molecule has 0 spiro atoms. The normalized spacial score (nSPS) is 25.4. The molecule has 2 rings (SSSR count). The maximum absolute atomic E-state index is 12.0. The summed E-state index contributed by atoms with van der Waals surface area (Å²) in [6, 6.07) is 0. The van der Waals surface area contributed by atoms with Crippen LogP contribution < -0.4 is 11.2 Å². The fourth-order valence-corrected chi connectivity index (χ4v) is 7.68. The Labute approximate surface area is 184 Å². The van der Waals surface area contributed by atoms with E-state index in [1.54, 1.807) is 0 Å². The molecule has 18 nitrogen and oxygen atoms in total. The number of aliphatic hydroxyl groups is 1. The van der Waals surface area contributed by atoms with Gasteiger partial charge in [0.2, 0.25) is 0 Å². The predicted molar refractivity (Wildman–Crippen MR) is 107 cm³/mol. The smallest absolute Gasteiger partial charge is 0.390 e. The standard InChI is InChI=1S/C11H20N3O15P3S/c1-6-4-14(11(17)12-10(6)16)9-3-7(15)8(27-9)5-26-30(18,13-33(2,24)25)28-32(22,23)29-31(19,20)21/h4,7-9,15,18H,3,5H2,1-2H3,(H,22,23)(H,12,16,17)(H2,19,20,21)/t7-,8-,9-,30?/m1/s1. The first-order chi connectivity index (χ1) is 14.8. The number of nitrogens with zero attached hydrogens (tertiary/aromatic N) is 2. The first-order valence-corrected chi connectivity index (χ1v) is 14.9. The summed E-state index contributed by atoms with van der Waals surface area (Å²) in [4.78, 5) is 62.4. The zero-order chi connectivity index (χ0) is 25.4. The average Bonchev–Trinajstić information content (AvgIpc) is 2.92. The van der Waals surface area contributed by atoms with Crippen LogP contribution in [-0.2, 0) is 37.0 Å². The summed E-state index contributed by atoms with van der Waals surface area (Å²) >= 11 is 0. The van der Waals surface area contributed by atoms with Crippen molar-refractivity contribution < 1.29 is 60.1 Å². The number of H-pyrrole nitrogens is 1. The van der Waals surface area contributed by atoms with Gasteiger partial charge in [0, 0.05) is 18.2 Å². The monoisotopic (exact) mass is 559 g/mol. The molecule has 1 saturated heterocycles. The Morgan fingerprint density at radius 2 is 1.85 bits per heavy atom. The predicted octanol–water partition coefficient (Wildman–Crippen LogP) is -1.37. The third-order valence-corrected chi connectivity index (χ3v) is 9.59. The molecule has 0 amide bonds. The summed E-state index contributed by atoms with van der Waals surface area (Å²) in [5, 5.41) is 10.2. The van der Waals surface area contributed by atoms with E-state index in [9.17, 15) is 42.0 Å². The van der Waals surface area contributed by atoms with Crippen LogP contribution in [0.3, 0.4) is 0 Å². The minimum absolute atomic E-state index is 0.150. The molecule has 0 radical (unpaired) electrons. The van der Waals surface area contributed by atoms with Crippen LogP contribution in [0.15, 0.2) is 19.9 Å². The van der Waals surface area contributed by atoms with Gasteiger partial charge in [-0.2, -0.15) is 8.62 Å². The van der Waals surface area contributed by atoms with Crippen LogP contribution in [0.5, 0.6) is 0 Å². The molecule has 1 aliphatic rings. The molecular formula is C11H20N3O15P3S. The number of aromatic amines is 1. The molecule has 0 saturated carbocycles. The van der Waals surface area contributed by atoms with Crippen LogP contribution in [0.25, 0.3) is 0 Å². The van der Waals surface area contributed by atoms with Crippen molar-refractivity contribution in [1.82, 2.24) is 9.55 Å². The number of aryl methyl sites for hydroxylation is 1. The molecule has 1 aromatic rings. The second-order valence-corrected chi connectivity index (χ2v) is 13.2. The highest BCUT2D eigenvalue weighted by Gasteiger charge is 2.42. The van der Waals surface area contributed by atoms with Crippen molar-refractivity contribution in [3.63, 3.8) is 0 Å². The fraction of sp³-hybridized carbons (Fsp3) is 0.636. The third-order valence-electron chi connectivity index (χ3n) is 3.74. The van der Waals surface area contributed by atoms with Gasteiger partial charge in [-0.1, -0.05) is 0 Å². The lowest BCUT2D eigenvalue weighted by Gasteiger charge is -2.22. The largest absolute Gasteiger partial charge is 0.488 e. The number of nitrogens with one attached hydrogen (secondary N) is 1. The zero-order valence-corrected chi connectivity index (χ0v) is 20.2. The average molecular weight is 559 g/mol. The lowest BCUT2D eigenvalue weighted by Crippen LogP contribution is -2.33. The topological polar surface area (TPSA) is 274 Å². The molecule has 1 aliphatic heterocycles. The van der Waals surface area contributed by atoms with E-state index in [1.807, 2.05) is 4.98 Å². The first kappa shape index (κ1) is 28.2. The lowest BCUT2D eigenvalue weighted by molar-refractivity contribution is -0.0432. The maximum Gasteiger partial charge on any atom is 0.488 e. The van der Waals surface area contributed by atoms with Crippen molar-refractivity contribution in [2.45, 2.75) is 31.8 Å². The summed E-state index contributed by atoms with van der Waals surface area (Å²) in [6.45, 7) is 0.482. The Bertz CT molecular complexity index is 1270. The van der Waals surface area contributed by atoms with Crippen molar-refractivity contribution in [2.24, 2.45) is 4.15 Å². The SMILES string of the molecule is Cc1cn([C@H]2C[C@@H](O)[C@@H](COP(O)(=NS(C)(=O)=O)OP(=O)(O)OP(=O)(O)O)O2)c(=O)[nH]c1=O. The van der Waals surface area contributed by atoms with Gasteiger partial charge < -0.3 is 29.4 Å². The molecule has 190 valence electrons. The van der Waals surface area contributed by atoms with Gasteiger partial charge >= 0.3 is 29.1 Å². The molecule has 0 bridgehead atoms. The molecular weight excluding hydrogens is 539 g/mol. The van der Waals surface area contributed by atoms with Crippen LogP contribution in [0, 0.1) is 6.92 Å². The summed E-state index contributed by atoms with van der Waals surface area (Å²) in [5.74, 6) is 0. The van der Waals surface area contributed by atoms with Crippen molar-refractivity contribution in [3.8, 4) is 0 Å². The number of aromatic nitrogens is 2. The van der Waals surface area contributed by atoms with Gasteiger partial charge in [-0.05, 0) is 6.92 Å². The van der Waals surface area contributed by atoms with E-state index in [-0.39, 0.29) is 12.0 Å². The molecule has 1 fully saturated rings. The third kappa shape index (κ3) is 8.60. The van der Waals surface area contributed by atoms with Crippen LogP contribution in [0.4, 0.5) is 0 Å². The minimum atomic E-state index is -5.80. The quantitative estimate of drug-likeness (QED) is 0.191. The van der Waals surface area contributed by atoms with Crippen molar-refractivity contribution >= 4 is 33.4 Å². The van der Waals surface area contributed by atoms with Gasteiger partial charge in [0.05, 0.1) is 19.0 Å². The van der Waals surface area contributed by atoms with Gasteiger partial charge in [-0.15, -0.1) is 4.15 Å². The highest BCUT2D eigenvalue weighted by atomic mass is 32.2. The molecule has 6 N–H and O–H groups in total. The summed E-state index contributed by atoms with van der Waals surface area (Å²) in [5.41, 5.74) is -1.36. The van der Waals surface area contributed by atoms with E-state index in [4.69, 9.17) is 19.0 Å². The molecule has 0 aliphatic carbocycles. The van der Waals surface area contributed by atoms with Gasteiger partial charge in [0.15, 0.2) is 0 Å². The first-order valence-electron chi connectivity index (χ1n) is 8.47. The maximum atomic E-state index is 12.0. The number of aliphatic hydroxyl groups excluding tert-OH is 1. The van der Waals surface area contributed by atoms with Crippen molar-refractivity contribution in [1.29, 1.82) is 0 Å². The van der Waals surface area contributed by atoms with Crippen LogP contribution in [0.1, 0.15) is 18.2 Å². The molecule has 22 heteroatoms. The molecule has 5 atom stereocenters. The molecule has 0 aromatic carbocycles. The second-order valence-electron chi connectivity index (χ2n) is 6.63. The Morgan fingerprint density at radius 3 is 2.39 bits per heavy atom. The number of phosphoric acid groups is 2.